The lowest BCUT2D eigenvalue weighted by atomic mass is 10.1. The highest BCUT2D eigenvalue weighted by molar-refractivity contribution is 6.31. The third-order valence-electron chi connectivity index (χ3n) is 4.29. The summed E-state index contributed by atoms with van der Waals surface area (Å²) >= 11 is 6.13. The first-order chi connectivity index (χ1) is 14.4. The highest BCUT2D eigenvalue weighted by Crippen LogP contribution is 2.22. The summed E-state index contributed by atoms with van der Waals surface area (Å²) in [7, 11) is 0. The fourth-order valence-electron chi connectivity index (χ4n) is 2.77. The number of hydrogen-bond acceptors (Lipinski definition) is 4. The van der Waals surface area contributed by atoms with E-state index in [0.717, 1.165) is 11.1 Å². The Labute approximate surface area is 180 Å². The fourth-order valence-corrected chi connectivity index (χ4v) is 3.01. The quantitative estimate of drug-likeness (QED) is 0.497. The van der Waals surface area contributed by atoms with Crippen LogP contribution in [0.2, 0.25) is 5.02 Å². The van der Waals surface area contributed by atoms with Crippen LogP contribution in [0, 0.1) is 0 Å². The Balaban J connectivity index is 1.66. The zero-order chi connectivity index (χ0) is 21.5. The second-order valence-corrected chi connectivity index (χ2v) is 7.22. The topological polar surface area (TPSA) is 93.5 Å². The smallest absolute Gasteiger partial charge is 0.411 e. The molecule has 0 aliphatic heterocycles. The van der Waals surface area contributed by atoms with Crippen molar-refractivity contribution in [3.8, 4) is 0 Å². The number of ether oxygens (including phenoxy) is 1. The second kappa shape index (κ2) is 9.91. The molecule has 0 heterocycles. The van der Waals surface area contributed by atoms with Crippen molar-refractivity contribution in [3.05, 3.63) is 94.5 Å². The standard InChI is InChI=1S/C23H22ClN3O3/c1-15(25)17-8-5-9-20(11-17)26-22(28)18-10-19(24)13-21(12-18)27-23(29)30-14-16-6-3-2-4-7-16/h2-13,15H,14,25H2,1H3,(H,26,28)(H,27,29)/t15-/m1/s1. The Morgan fingerprint density at radius 2 is 1.73 bits per heavy atom. The molecular formula is C23H22ClN3O3. The molecule has 0 aliphatic carbocycles. The van der Waals surface area contributed by atoms with E-state index in [1.54, 1.807) is 12.1 Å². The van der Waals surface area contributed by atoms with Crippen molar-refractivity contribution in [3.63, 3.8) is 0 Å². The molecule has 0 saturated heterocycles. The van der Waals surface area contributed by atoms with E-state index in [9.17, 15) is 9.59 Å². The predicted molar refractivity (Wildman–Crippen MR) is 119 cm³/mol. The minimum Gasteiger partial charge on any atom is -0.444 e. The van der Waals surface area contributed by atoms with Gasteiger partial charge in [-0.25, -0.2) is 4.79 Å². The molecular weight excluding hydrogens is 402 g/mol. The van der Waals surface area contributed by atoms with E-state index in [1.165, 1.54) is 12.1 Å². The molecule has 3 rings (SSSR count). The van der Waals surface area contributed by atoms with Gasteiger partial charge in [-0.1, -0.05) is 54.1 Å². The third-order valence-corrected chi connectivity index (χ3v) is 4.51. The van der Waals surface area contributed by atoms with Gasteiger partial charge >= 0.3 is 6.09 Å². The molecule has 1 atom stereocenters. The molecule has 6 nitrogen and oxygen atoms in total. The van der Waals surface area contributed by atoms with E-state index in [0.29, 0.717) is 22.0 Å². The van der Waals surface area contributed by atoms with Crippen LogP contribution in [-0.4, -0.2) is 12.0 Å². The summed E-state index contributed by atoms with van der Waals surface area (Å²) < 4.78 is 5.20. The number of benzene rings is 3. The molecule has 0 radical (unpaired) electrons. The molecule has 154 valence electrons. The number of hydrogen-bond donors (Lipinski definition) is 3. The Morgan fingerprint density at radius 1 is 0.967 bits per heavy atom. The van der Waals surface area contributed by atoms with Gasteiger partial charge in [0, 0.05) is 28.0 Å². The summed E-state index contributed by atoms with van der Waals surface area (Å²) in [5.74, 6) is -0.361. The highest BCUT2D eigenvalue weighted by Gasteiger charge is 2.12. The molecule has 0 unspecified atom stereocenters. The molecule has 0 bridgehead atoms. The normalized spacial score (nSPS) is 11.4. The Bertz CT molecular complexity index is 1040. The molecule has 0 aliphatic rings. The van der Waals surface area contributed by atoms with Crippen LogP contribution >= 0.6 is 11.6 Å². The van der Waals surface area contributed by atoms with Crippen LogP contribution in [0.4, 0.5) is 16.2 Å². The molecule has 7 heteroatoms. The van der Waals surface area contributed by atoms with Crippen molar-refractivity contribution in [2.24, 2.45) is 5.73 Å². The van der Waals surface area contributed by atoms with Gasteiger partial charge < -0.3 is 15.8 Å². The molecule has 30 heavy (non-hydrogen) atoms. The first kappa shape index (κ1) is 21.4. The number of anilines is 2. The molecule has 0 aromatic heterocycles. The van der Waals surface area contributed by atoms with Gasteiger partial charge in [0.1, 0.15) is 6.61 Å². The average Bonchev–Trinajstić information content (AvgIpc) is 2.72. The van der Waals surface area contributed by atoms with Gasteiger partial charge in [0.15, 0.2) is 0 Å². The molecule has 0 spiro atoms. The summed E-state index contributed by atoms with van der Waals surface area (Å²) in [4.78, 5) is 24.7. The molecule has 3 aromatic rings. The van der Waals surface area contributed by atoms with E-state index >= 15 is 0 Å². The lowest BCUT2D eigenvalue weighted by Crippen LogP contribution is -2.16. The number of halogens is 1. The van der Waals surface area contributed by atoms with Crippen molar-refractivity contribution in [1.29, 1.82) is 0 Å². The Kier molecular flexibility index (Phi) is 7.06. The highest BCUT2D eigenvalue weighted by atomic mass is 35.5. The maximum atomic E-state index is 12.7. The van der Waals surface area contributed by atoms with E-state index in [4.69, 9.17) is 22.1 Å². The number of carbonyl (C=O) groups is 2. The van der Waals surface area contributed by atoms with Gasteiger partial charge in [0.05, 0.1) is 0 Å². The zero-order valence-electron chi connectivity index (χ0n) is 16.4. The first-order valence-corrected chi connectivity index (χ1v) is 9.74. The van der Waals surface area contributed by atoms with Crippen LogP contribution in [-0.2, 0) is 11.3 Å². The van der Waals surface area contributed by atoms with E-state index in [1.807, 2.05) is 55.5 Å². The lowest BCUT2D eigenvalue weighted by molar-refractivity contribution is 0.102. The van der Waals surface area contributed by atoms with Crippen molar-refractivity contribution in [2.45, 2.75) is 19.6 Å². The first-order valence-electron chi connectivity index (χ1n) is 9.36. The van der Waals surface area contributed by atoms with E-state index in [2.05, 4.69) is 10.6 Å². The van der Waals surface area contributed by atoms with Gasteiger partial charge in [0.25, 0.3) is 5.91 Å². The van der Waals surface area contributed by atoms with E-state index in [-0.39, 0.29) is 18.6 Å². The van der Waals surface area contributed by atoms with Gasteiger partial charge in [0.2, 0.25) is 0 Å². The third kappa shape index (κ3) is 6.07. The van der Waals surface area contributed by atoms with Crippen LogP contribution in [0.5, 0.6) is 0 Å². The number of amides is 2. The Hall–Kier alpha value is -3.35. The molecule has 2 amide bonds. The average molecular weight is 424 g/mol. The van der Waals surface area contributed by atoms with Gasteiger partial charge in [-0.2, -0.15) is 0 Å². The van der Waals surface area contributed by atoms with Gasteiger partial charge in [-0.3, -0.25) is 10.1 Å². The maximum absolute atomic E-state index is 12.7. The SMILES string of the molecule is C[C@@H](N)c1cccc(NC(=O)c2cc(Cl)cc(NC(=O)OCc3ccccc3)c2)c1. The monoisotopic (exact) mass is 423 g/mol. The summed E-state index contributed by atoms with van der Waals surface area (Å²) in [5.41, 5.74) is 8.94. The van der Waals surface area contributed by atoms with Crippen LogP contribution in [0.25, 0.3) is 0 Å². The summed E-state index contributed by atoms with van der Waals surface area (Å²) in [6.07, 6.45) is -0.642. The summed E-state index contributed by atoms with van der Waals surface area (Å²) in [6.45, 7) is 2.00. The van der Waals surface area contributed by atoms with Crippen LogP contribution < -0.4 is 16.4 Å². The van der Waals surface area contributed by atoms with Crippen molar-refractivity contribution >= 4 is 35.0 Å². The predicted octanol–water partition coefficient (Wildman–Crippen LogP) is 5.36. The summed E-state index contributed by atoms with van der Waals surface area (Å²) in [6, 6.07) is 21.1. The summed E-state index contributed by atoms with van der Waals surface area (Å²) in [5, 5.41) is 5.72. The van der Waals surface area contributed by atoms with Crippen molar-refractivity contribution in [2.75, 3.05) is 10.6 Å². The molecule has 0 saturated carbocycles. The largest absolute Gasteiger partial charge is 0.444 e. The Morgan fingerprint density at radius 3 is 2.47 bits per heavy atom. The lowest BCUT2D eigenvalue weighted by Gasteiger charge is -2.11. The number of carbonyl (C=O) groups excluding carboxylic acids is 2. The maximum Gasteiger partial charge on any atom is 0.411 e. The van der Waals surface area contributed by atoms with Crippen LogP contribution in [0.1, 0.15) is 34.5 Å². The fraction of sp³-hybridized carbons (Fsp3) is 0.130. The van der Waals surface area contributed by atoms with Crippen molar-refractivity contribution < 1.29 is 14.3 Å². The molecule has 3 aromatic carbocycles. The number of nitrogens with two attached hydrogens (primary N) is 1. The molecule has 4 N–H and O–H groups in total. The van der Waals surface area contributed by atoms with Crippen LogP contribution in [0.15, 0.2) is 72.8 Å². The van der Waals surface area contributed by atoms with Crippen molar-refractivity contribution in [1.82, 2.24) is 0 Å². The van der Waals surface area contributed by atoms with Gasteiger partial charge in [-0.05, 0) is 48.4 Å². The van der Waals surface area contributed by atoms with E-state index < -0.39 is 6.09 Å². The second-order valence-electron chi connectivity index (χ2n) is 6.78. The minimum atomic E-state index is -0.642. The van der Waals surface area contributed by atoms with Crippen LogP contribution in [0.3, 0.4) is 0 Å². The number of rotatable bonds is 6. The minimum absolute atomic E-state index is 0.135. The zero-order valence-corrected chi connectivity index (χ0v) is 17.1. The van der Waals surface area contributed by atoms with Gasteiger partial charge in [-0.15, -0.1) is 0 Å². The molecule has 0 fully saturated rings. The number of nitrogens with one attached hydrogen (secondary N) is 2.